The fourth-order valence-corrected chi connectivity index (χ4v) is 2.10. The van der Waals surface area contributed by atoms with Gasteiger partial charge in [-0.05, 0) is 34.9 Å². The summed E-state index contributed by atoms with van der Waals surface area (Å²) in [4.78, 5) is 11.5. The van der Waals surface area contributed by atoms with Crippen LogP contribution in [0.5, 0.6) is 0 Å². The van der Waals surface area contributed by atoms with E-state index in [9.17, 15) is 0 Å². The minimum absolute atomic E-state index is 0.317. The lowest BCUT2D eigenvalue weighted by atomic mass is 10.2. The molecule has 1 aromatic heterocycles. The first-order valence-electron chi connectivity index (χ1n) is 7.38. The van der Waals surface area contributed by atoms with E-state index in [1.165, 1.54) is 0 Å². The van der Waals surface area contributed by atoms with Crippen LogP contribution in [0.25, 0.3) is 0 Å². The third kappa shape index (κ3) is 4.63. The molecule has 1 atom stereocenters. The van der Waals surface area contributed by atoms with Crippen molar-refractivity contribution < 1.29 is 0 Å². The van der Waals surface area contributed by atoms with Crippen molar-refractivity contribution in [3.8, 4) is 0 Å². The molecule has 114 valence electrons. The van der Waals surface area contributed by atoms with Crippen LogP contribution in [0.3, 0.4) is 0 Å². The van der Waals surface area contributed by atoms with Crippen molar-refractivity contribution in [2.24, 2.45) is 0 Å². The topological polar surface area (TPSA) is 53.1 Å². The van der Waals surface area contributed by atoms with Gasteiger partial charge < -0.3 is 15.5 Å². The highest BCUT2D eigenvalue weighted by atomic mass is 15.1. The van der Waals surface area contributed by atoms with Crippen LogP contribution in [0, 0.1) is 6.92 Å². The second-order valence-electron chi connectivity index (χ2n) is 5.90. The van der Waals surface area contributed by atoms with Gasteiger partial charge in [0.1, 0.15) is 17.5 Å². The van der Waals surface area contributed by atoms with E-state index >= 15 is 0 Å². The second kappa shape index (κ2) is 7.43. The van der Waals surface area contributed by atoms with Crippen molar-refractivity contribution in [3.63, 3.8) is 0 Å². The molecule has 0 aromatic carbocycles. The summed E-state index contributed by atoms with van der Waals surface area (Å²) in [6.07, 6.45) is 0. The lowest BCUT2D eigenvalue weighted by Gasteiger charge is -2.22. The predicted molar refractivity (Wildman–Crippen MR) is 86.7 cm³/mol. The number of aromatic nitrogens is 2. The van der Waals surface area contributed by atoms with E-state index in [0.717, 1.165) is 36.1 Å². The van der Waals surface area contributed by atoms with Crippen LogP contribution in [0.2, 0.25) is 0 Å². The maximum atomic E-state index is 4.68. The number of hydrogen-bond donors (Lipinski definition) is 2. The Kier molecular flexibility index (Phi) is 6.20. The molecule has 0 saturated heterocycles. The molecule has 0 bridgehead atoms. The highest BCUT2D eigenvalue weighted by molar-refractivity contribution is 5.57. The molecule has 5 heteroatoms. The van der Waals surface area contributed by atoms with E-state index in [4.69, 9.17) is 0 Å². The summed E-state index contributed by atoms with van der Waals surface area (Å²) >= 11 is 0. The first-order valence-corrected chi connectivity index (χ1v) is 7.38. The molecule has 5 nitrogen and oxygen atoms in total. The summed E-state index contributed by atoms with van der Waals surface area (Å²) in [6, 6.07) is 0.341. The zero-order valence-corrected chi connectivity index (χ0v) is 13.9. The second-order valence-corrected chi connectivity index (χ2v) is 5.90. The molecule has 0 fully saturated rings. The van der Waals surface area contributed by atoms with E-state index in [2.05, 4.69) is 74.2 Å². The average Bonchev–Trinajstić information content (AvgIpc) is 2.32. The molecule has 20 heavy (non-hydrogen) atoms. The zero-order chi connectivity index (χ0) is 15.3. The van der Waals surface area contributed by atoms with Crippen molar-refractivity contribution in [2.75, 3.05) is 37.8 Å². The van der Waals surface area contributed by atoms with Crippen LogP contribution < -0.4 is 10.6 Å². The summed E-state index contributed by atoms with van der Waals surface area (Å²) in [6.45, 7) is 12.4. The van der Waals surface area contributed by atoms with Crippen molar-refractivity contribution in [2.45, 2.75) is 46.6 Å². The molecule has 1 rings (SSSR count). The maximum absolute atomic E-state index is 4.68. The van der Waals surface area contributed by atoms with Gasteiger partial charge in [0, 0.05) is 30.6 Å². The first-order chi connectivity index (χ1) is 9.35. The van der Waals surface area contributed by atoms with Gasteiger partial charge in [0.05, 0.1) is 0 Å². The molecule has 0 saturated carbocycles. The van der Waals surface area contributed by atoms with Crippen LogP contribution in [-0.2, 0) is 0 Å². The average molecular weight is 279 g/mol. The maximum Gasteiger partial charge on any atom is 0.135 e. The first kappa shape index (κ1) is 16.7. The van der Waals surface area contributed by atoms with Crippen LogP contribution in [0.1, 0.15) is 45.0 Å². The Labute approximate surface area is 123 Å². The van der Waals surface area contributed by atoms with Crippen LogP contribution >= 0.6 is 0 Å². The Morgan fingerprint density at radius 2 is 1.70 bits per heavy atom. The fraction of sp³-hybridized carbons (Fsp3) is 0.733. The molecule has 0 spiro atoms. The molecule has 0 aliphatic heterocycles. The van der Waals surface area contributed by atoms with Crippen molar-refractivity contribution >= 4 is 11.6 Å². The van der Waals surface area contributed by atoms with E-state index in [-0.39, 0.29) is 0 Å². The van der Waals surface area contributed by atoms with Crippen LogP contribution in [0.15, 0.2) is 0 Å². The lowest BCUT2D eigenvalue weighted by Crippen LogP contribution is -2.30. The molecular weight excluding hydrogens is 250 g/mol. The number of hydrogen-bond acceptors (Lipinski definition) is 5. The van der Waals surface area contributed by atoms with Crippen molar-refractivity contribution in [1.29, 1.82) is 0 Å². The van der Waals surface area contributed by atoms with Gasteiger partial charge >= 0.3 is 0 Å². The third-order valence-electron chi connectivity index (χ3n) is 3.05. The third-order valence-corrected chi connectivity index (χ3v) is 3.05. The Morgan fingerprint density at radius 3 is 2.20 bits per heavy atom. The van der Waals surface area contributed by atoms with Gasteiger partial charge in [-0.25, -0.2) is 9.97 Å². The minimum Gasteiger partial charge on any atom is -0.370 e. The monoisotopic (exact) mass is 279 g/mol. The van der Waals surface area contributed by atoms with E-state index in [0.29, 0.717) is 12.0 Å². The van der Waals surface area contributed by atoms with Gasteiger partial charge in [-0.3, -0.25) is 0 Å². The normalized spacial score (nSPS) is 12.8. The molecule has 2 N–H and O–H groups in total. The van der Waals surface area contributed by atoms with Gasteiger partial charge in [0.2, 0.25) is 0 Å². The minimum atomic E-state index is 0.317. The van der Waals surface area contributed by atoms with Crippen molar-refractivity contribution in [1.82, 2.24) is 14.9 Å². The SMILES string of the molecule is CCNc1nc(C(C)C)nc(NC(C)CN(C)C)c1C. The molecule has 0 aliphatic carbocycles. The molecule has 0 aliphatic rings. The summed E-state index contributed by atoms with van der Waals surface area (Å²) in [7, 11) is 4.16. The van der Waals surface area contributed by atoms with Gasteiger partial charge in [-0.15, -0.1) is 0 Å². The van der Waals surface area contributed by atoms with Crippen LogP contribution in [0.4, 0.5) is 11.6 Å². The fourth-order valence-electron chi connectivity index (χ4n) is 2.10. The largest absolute Gasteiger partial charge is 0.370 e. The number of likely N-dealkylation sites (N-methyl/N-ethyl adjacent to an activating group) is 1. The summed E-state index contributed by atoms with van der Waals surface area (Å²) < 4.78 is 0. The lowest BCUT2D eigenvalue weighted by molar-refractivity contribution is 0.391. The van der Waals surface area contributed by atoms with Gasteiger partial charge in [0.25, 0.3) is 0 Å². The molecule has 1 unspecified atom stereocenters. The molecule has 1 heterocycles. The summed E-state index contributed by atoms with van der Waals surface area (Å²) in [5.74, 6) is 3.07. The Morgan fingerprint density at radius 1 is 1.10 bits per heavy atom. The Hall–Kier alpha value is -1.36. The standard InChI is InChI=1S/C15H29N5/c1-8-16-14-12(5)15(17-11(4)9-20(6)7)19-13(18-14)10(2)3/h10-11H,8-9H2,1-7H3,(H2,16,17,18,19). The van der Waals surface area contributed by atoms with Crippen molar-refractivity contribution in [3.05, 3.63) is 11.4 Å². The number of nitrogens with zero attached hydrogens (tertiary/aromatic N) is 3. The molecule has 0 radical (unpaired) electrons. The predicted octanol–water partition coefficient (Wildman–Crippen LogP) is 2.70. The van der Waals surface area contributed by atoms with Gasteiger partial charge in [-0.2, -0.15) is 0 Å². The summed E-state index contributed by atoms with van der Waals surface area (Å²) in [5, 5.41) is 6.83. The van der Waals surface area contributed by atoms with Gasteiger partial charge in [0.15, 0.2) is 0 Å². The molecule has 1 aromatic rings. The smallest absolute Gasteiger partial charge is 0.135 e. The number of rotatable bonds is 7. The highest BCUT2D eigenvalue weighted by Gasteiger charge is 2.14. The molecule has 0 amide bonds. The Bertz CT molecular complexity index is 429. The quantitative estimate of drug-likeness (QED) is 0.804. The number of nitrogens with one attached hydrogen (secondary N) is 2. The van der Waals surface area contributed by atoms with Crippen LogP contribution in [-0.4, -0.2) is 48.1 Å². The Balaban J connectivity index is 3.03. The van der Waals surface area contributed by atoms with Gasteiger partial charge in [-0.1, -0.05) is 13.8 Å². The van der Waals surface area contributed by atoms with E-state index in [1.54, 1.807) is 0 Å². The summed E-state index contributed by atoms with van der Waals surface area (Å²) in [5.41, 5.74) is 1.09. The van der Waals surface area contributed by atoms with E-state index < -0.39 is 0 Å². The number of anilines is 2. The van der Waals surface area contributed by atoms with E-state index in [1.807, 2.05) is 0 Å². The molecular formula is C15H29N5. The zero-order valence-electron chi connectivity index (χ0n) is 13.9. The highest BCUT2D eigenvalue weighted by Crippen LogP contribution is 2.23.